The summed E-state index contributed by atoms with van der Waals surface area (Å²) in [6.45, 7) is 2.55. The molecule has 0 fully saturated rings. The molecule has 0 amide bonds. The van der Waals surface area contributed by atoms with Gasteiger partial charge in [-0.2, -0.15) is 0 Å². The maximum Gasteiger partial charge on any atom is 0.0729 e. The number of nitrogens with zero attached hydrogens (tertiary/aromatic N) is 1. The minimum Gasteiger partial charge on any atom is -0.388 e. The summed E-state index contributed by atoms with van der Waals surface area (Å²) < 4.78 is 0. The van der Waals surface area contributed by atoms with Gasteiger partial charge in [-0.1, -0.05) is 12.1 Å². The van der Waals surface area contributed by atoms with Gasteiger partial charge in [-0.15, -0.1) is 0 Å². The van der Waals surface area contributed by atoms with E-state index in [0.717, 1.165) is 27.8 Å². The lowest BCUT2D eigenvalue weighted by atomic mass is 10.1. The van der Waals surface area contributed by atoms with E-state index >= 15 is 0 Å². The van der Waals surface area contributed by atoms with Gasteiger partial charge in [0.2, 0.25) is 0 Å². The van der Waals surface area contributed by atoms with Crippen molar-refractivity contribution < 1.29 is 0 Å². The van der Waals surface area contributed by atoms with Crippen LogP contribution in [-0.2, 0) is 6.54 Å². The summed E-state index contributed by atoms with van der Waals surface area (Å²) >= 11 is 0. The Bertz CT molecular complexity index is 491. The number of aromatic nitrogens is 1. The highest BCUT2D eigenvalue weighted by Gasteiger charge is 2.02. The number of benzene rings is 1. The lowest BCUT2D eigenvalue weighted by Crippen LogP contribution is -1.98. The lowest BCUT2D eigenvalue weighted by molar-refractivity contribution is 1.07. The standard InChI is InChI=1S/C12H15N3/c1-8-5-11(14-2)10-4-3-9(7-13)6-12(10)15-8/h3-6H,7,13H2,1-2H3,(H,14,15). The second-order valence-corrected chi connectivity index (χ2v) is 3.62. The van der Waals surface area contributed by atoms with Crippen molar-refractivity contribution >= 4 is 16.6 Å². The van der Waals surface area contributed by atoms with Gasteiger partial charge >= 0.3 is 0 Å². The van der Waals surface area contributed by atoms with Gasteiger partial charge in [0.1, 0.15) is 0 Å². The average molecular weight is 201 g/mol. The van der Waals surface area contributed by atoms with Crippen molar-refractivity contribution in [1.82, 2.24) is 4.98 Å². The lowest BCUT2D eigenvalue weighted by Gasteiger charge is -2.08. The molecule has 1 aromatic heterocycles. The van der Waals surface area contributed by atoms with Crippen molar-refractivity contribution in [3.05, 3.63) is 35.5 Å². The quantitative estimate of drug-likeness (QED) is 0.781. The number of fused-ring (bicyclic) bond motifs is 1. The number of rotatable bonds is 2. The van der Waals surface area contributed by atoms with Gasteiger partial charge in [-0.05, 0) is 24.6 Å². The van der Waals surface area contributed by atoms with E-state index in [9.17, 15) is 0 Å². The Hall–Kier alpha value is -1.61. The highest BCUT2D eigenvalue weighted by molar-refractivity contribution is 5.91. The molecule has 0 spiro atoms. The molecule has 0 bridgehead atoms. The van der Waals surface area contributed by atoms with E-state index in [4.69, 9.17) is 5.73 Å². The van der Waals surface area contributed by atoms with E-state index in [0.29, 0.717) is 6.54 Å². The van der Waals surface area contributed by atoms with Crippen molar-refractivity contribution in [1.29, 1.82) is 0 Å². The Kier molecular flexibility index (Phi) is 2.56. The van der Waals surface area contributed by atoms with E-state index in [1.165, 1.54) is 0 Å². The fourth-order valence-electron chi connectivity index (χ4n) is 1.74. The normalized spacial score (nSPS) is 10.6. The van der Waals surface area contributed by atoms with Gasteiger partial charge in [0.05, 0.1) is 5.52 Å². The second-order valence-electron chi connectivity index (χ2n) is 3.62. The van der Waals surface area contributed by atoms with Gasteiger partial charge in [0.15, 0.2) is 0 Å². The Morgan fingerprint density at radius 2 is 2.13 bits per heavy atom. The molecule has 15 heavy (non-hydrogen) atoms. The first-order valence-corrected chi connectivity index (χ1v) is 5.02. The number of aryl methyl sites for hydroxylation is 1. The largest absolute Gasteiger partial charge is 0.388 e. The van der Waals surface area contributed by atoms with Crippen LogP contribution in [-0.4, -0.2) is 12.0 Å². The van der Waals surface area contributed by atoms with Crippen LogP contribution in [0.25, 0.3) is 10.9 Å². The highest BCUT2D eigenvalue weighted by Crippen LogP contribution is 2.23. The summed E-state index contributed by atoms with van der Waals surface area (Å²) in [5.41, 5.74) is 9.85. The van der Waals surface area contributed by atoms with Crippen molar-refractivity contribution in [2.75, 3.05) is 12.4 Å². The fraction of sp³-hybridized carbons (Fsp3) is 0.250. The molecule has 1 aromatic carbocycles. The molecule has 3 nitrogen and oxygen atoms in total. The number of hydrogen-bond donors (Lipinski definition) is 2. The summed E-state index contributed by atoms with van der Waals surface area (Å²) in [6.07, 6.45) is 0. The number of anilines is 1. The molecular formula is C12H15N3. The molecule has 0 aliphatic rings. The van der Waals surface area contributed by atoms with E-state index in [1.807, 2.05) is 32.2 Å². The van der Waals surface area contributed by atoms with Crippen LogP contribution in [0.1, 0.15) is 11.3 Å². The monoisotopic (exact) mass is 201 g/mol. The zero-order valence-corrected chi connectivity index (χ0v) is 9.04. The molecule has 2 rings (SSSR count). The van der Waals surface area contributed by atoms with Gasteiger partial charge < -0.3 is 11.1 Å². The number of pyridine rings is 1. The van der Waals surface area contributed by atoms with Crippen LogP contribution in [0.3, 0.4) is 0 Å². The van der Waals surface area contributed by atoms with Crippen LogP contribution in [0.5, 0.6) is 0 Å². The van der Waals surface area contributed by atoms with Crippen LogP contribution >= 0.6 is 0 Å². The van der Waals surface area contributed by atoms with Crippen molar-refractivity contribution in [3.8, 4) is 0 Å². The molecule has 0 saturated carbocycles. The summed E-state index contributed by atoms with van der Waals surface area (Å²) in [5, 5.41) is 4.32. The molecule has 0 aliphatic carbocycles. The van der Waals surface area contributed by atoms with Gasteiger partial charge in [0, 0.05) is 30.4 Å². The van der Waals surface area contributed by atoms with Crippen molar-refractivity contribution in [3.63, 3.8) is 0 Å². The average Bonchev–Trinajstić information content (AvgIpc) is 2.26. The van der Waals surface area contributed by atoms with E-state index in [-0.39, 0.29) is 0 Å². The SMILES string of the molecule is CNc1cc(C)nc2cc(CN)ccc12. The predicted molar refractivity (Wildman–Crippen MR) is 63.9 cm³/mol. The van der Waals surface area contributed by atoms with Crippen LogP contribution in [0.4, 0.5) is 5.69 Å². The van der Waals surface area contributed by atoms with Crippen LogP contribution in [0.15, 0.2) is 24.3 Å². The molecule has 0 unspecified atom stereocenters. The smallest absolute Gasteiger partial charge is 0.0729 e. The maximum absolute atomic E-state index is 5.61. The topological polar surface area (TPSA) is 50.9 Å². The molecular weight excluding hydrogens is 186 g/mol. The molecule has 0 saturated heterocycles. The number of hydrogen-bond acceptors (Lipinski definition) is 3. The molecule has 0 radical (unpaired) electrons. The molecule has 3 heteroatoms. The summed E-state index contributed by atoms with van der Waals surface area (Å²) in [7, 11) is 1.92. The summed E-state index contributed by atoms with van der Waals surface area (Å²) in [4.78, 5) is 4.50. The summed E-state index contributed by atoms with van der Waals surface area (Å²) in [5.74, 6) is 0. The molecule has 0 atom stereocenters. The Balaban J connectivity index is 2.72. The first-order valence-electron chi connectivity index (χ1n) is 5.02. The third kappa shape index (κ3) is 1.78. The van der Waals surface area contributed by atoms with E-state index in [1.54, 1.807) is 0 Å². The first kappa shape index (κ1) is 9.93. The molecule has 1 heterocycles. The number of nitrogens with one attached hydrogen (secondary N) is 1. The van der Waals surface area contributed by atoms with Crippen LogP contribution < -0.4 is 11.1 Å². The maximum atomic E-state index is 5.61. The van der Waals surface area contributed by atoms with Crippen molar-refractivity contribution in [2.45, 2.75) is 13.5 Å². The van der Waals surface area contributed by atoms with Crippen LogP contribution in [0.2, 0.25) is 0 Å². The Morgan fingerprint density at radius 3 is 2.80 bits per heavy atom. The van der Waals surface area contributed by atoms with Crippen molar-refractivity contribution in [2.24, 2.45) is 5.73 Å². The van der Waals surface area contributed by atoms with Gasteiger partial charge in [0.25, 0.3) is 0 Å². The zero-order valence-electron chi connectivity index (χ0n) is 9.04. The Morgan fingerprint density at radius 1 is 1.33 bits per heavy atom. The molecule has 0 aliphatic heterocycles. The fourth-order valence-corrected chi connectivity index (χ4v) is 1.74. The Labute approximate surface area is 89.3 Å². The summed E-state index contributed by atoms with van der Waals surface area (Å²) in [6, 6.07) is 8.20. The minimum atomic E-state index is 0.556. The van der Waals surface area contributed by atoms with E-state index < -0.39 is 0 Å². The molecule has 2 aromatic rings. The predicted octanol–water partition coefficient (Wildman–Crippen LogP) is 2.04. The minimum absolute atomic E-state index is 0.556. The third-order valence-corrected chi connectivity index (χ3v) is 2.51. The van der Waals surface area contributed by atoms with Crippen LogP contribution in [0, 0.1) is 6.92 Å². The second kappa shape index (κ2) is 3.87. The molecule has 3 N–H and O–H groups in total. The first-order chi connectivity index (χ1) is 7.24. The van der Waals surface area contributed by atoms with Gasteiger partial charge in [-0.3, -0.25) is 4.98 Å². The van der Waals surface area contributed by atoms with E-state index in [2.05, 4.69) is 16.4 Å². The molecule has 78 valence electrons. The van der Waals surface area contributed by atoms with Gasteiger partial charge in [-0.25, -0.2) is 0 Å². The zero-order chi connectivity index (χ0) is 10.8. The number of nitrogens with two attached hydrogens (primary N) is 1. The highest BCUT2D eigenvalue weighted by atomic mass is 14.8. The third-order valence-electron chi connectivity index (χ3n) is 2.51.